The summed E-state index contributed by atoms with van der Waals surface area (Å²) in [5.41, 5.74) is 4.06. The van der Waals surface area contributed by atoms with Gasteiger partial charge in [0.25, 0.3) is 0 Å². The van der Waals surface area contributed by atoms with E-state index in [1.54, 1.807) is 0 Å². The predicted octanol–water partition coefficient (Wildman–Crippen LogP) is 1.20. The highest BCUT2D eigenvalue weighted by atomic mass is 19.1. The summed E-state index contributed by atoms with van der Waals surface area (Å²) in [6.45, 7) is 2.92. The van der Waals surface area contributed by atoms with Crippen LogP contribution in [0.1, 0.15) is 24.2 Å². The second-order valence-corrected chi connectivity index (χ2v) is 4.17. The van der Waals surface area contributed by atoms with Gasteiger partial charge in [0.15, 0.2) is 0 Å². The number of aromatic carboxylic acids is 1. The van der Waals surface area contributed by atoms with Crippen molar-refractivity contribution >= 4 is 17.6 Å². The van der Waals surface area contributed by atoms with Crippen molar-refractivity contribution in [1.29, 1.82) is 0 Å². The SMILES string of the molecule is CC(C)(N)C(=O)Nc1cc(F)ccc1C(=O)O. The quantitative estimate of drug-likeness (QED) is 0.740. The van der Waals surface area contributed by atoms with Crippen LogP contribution in [0.4, 0.5) is 10.1 Å². The lowest BCUT2D eigenvalue weighted by Gasteiger charge is -2.18. The third kappa shape index (κ3) is 3.25. The van der Waals surface area contributed by atoms with E-state index in [9.17, 15) is 14.0 Å². The molecule has 17 heavy (non-hydrogen) atoms. The van der Waals surface area contributed by atoms with Crippen LogP contribution < -0.4 is 11.1 Å². The van der Waals surface area contributed by atoms with E-state index in [0.29, 0.717) is 0 Å². The normalized spacial score (nSPS) is 11.1. The van der Waals surface area contributed by atoms with Crippen LogP contribution in [0.3, 0.4) is 0 Å². The first-order valence-electron chi connectivity index (χ1n) is 4.85. The third-order valence-electron chi connectivity index (χ3n) is 2.05. The lowest BCUT2D eigenvalue weighted by Crippen LogP contribution is -2.45. The summed E-state index contributed by atoms with van der Waals surface area (Å²) >= 11 is 0. The molecule has 0 saturated heterocycles. The van der Waals surface area contributed by atoms with Crippen molar-refractivity contribution in [3.8, 4) is 0 Å². The lowest BCUT2D eigenvalue weighted by atomic mass is 10.1. The van der Waals surface area contributed by atoms with Gasteiger partial charge in [0.2, 0.25) is 5.91 Å². The summed E-state index contributed by atoms with van der Waals surface area (Å²) in [6, 6.07) is 3.02. The lowest BCUT2D eigenvalue weighted by molar-refractivity contribution is -0.120. The minimum Gasteiger partial charge on any atom is -0.478 e. The van der Waals surface area contributed by atoms with E-state index in [1.807, 2.05) is 0 Å². The van der Waals surface area contributed by atoms with Crippen molar-refractivity contribution in [3.05, 3.63) is 29.6 Å². The van der Waals surface area contributed by atoms with Crippen molar-refractivity contribution in [2.45, 2.75) is 19.4 Å². The fourth-order valence-electron chi connectivity index (χ4n) is 1.09. The summed E-state index contributed by atoms with van der Waals surface area (Å²) in [5.74, 6) is -2.49. The molecule has 1 rings (SSSR count). The van der Waals surface area contributed by atoms with E-state index >= 15 is 0 Å². The van der Waals surface area contributed by atoms with Crippen molar-refractivity contribution in [2.75, 3.05) is 5.32 Å². The van der Waals surface area contributed by atoms with Gasteiger partial charge in [0.05, 0.1) is 16.8 Å². The number of carbonyl (C=O) groups is 2. The smallest absolute Gasteiger partial charge is 0.337 e. The zero-order valence-electron chi connectivity index (χ0n) is 9.45. The fourth-order valence-corrected chi connectivity index (χ4v) is 1.09. The summed E-state index contributed by atoms with van der Waals surface area (Å²) < 4.78 is 13.0. The molecule has 0 bridgehead atoms. The molecule has 0 radical (unpaired) electrons. The number of carboxylic acid groups (broad SMARTS) is 1. The molecule has 0 aliphatic carbocycles. The second kappa shape index (κ2) is 4.50. The molecule has 0 unspecified atom stereocenters. The average Bonchev–Trinajstić information content (AvgIpc) is 2.15. The Bertz CT molecular complexity index is 466. The maximum Gasteiger partial charge on any atom is 0.337 e. The molecule has 0 aromatic heterocycles. The van der Waals surface area contributed by atoms with Gasteiger partial charge in [-0.15, -0.1) is 0 Å². The number of hydrogen-bond acceptors (Lipinski definition) is 3. The number of carboxylic acids is 1. The highest BCUT2D eigenvalue weighted by molar-refractivity contribution is 6.03. The van der Waals surface area contributed by atoms with Crippen LogP contribution >= 0.6 is 0 Å². The largest absolute Gasteiger partial charge is 0.478 e. The van der Waals surface area contributed by atoms with Gasteiger partial charge in [0, 0.05) is 0 Å². The molecule has 0 spiro atoms. The van der Waals surface area contributed by atoms with Gasteiger partial charge in [0.1, 0.15) is 5.82 Å². The Morgan fingerprint density at radius 2 is 2.00 bits per heavy atom. The number of halogens is 1. The van der Waals surface area contributed by atoms with Crippen molar-refractivity contribution < 1.29 is 19.1 Å². The first kappa shape index (κ1) is 13.1. The van der Waals surface area contributed by atoms with E-state index < -0.39 is 23.2 Å². The van der Waals surface area contributed by atoms with E-state index in [4.69, 9.17) is 10.8 Å². The Hall–Kier alpha value is -1.95. The van der Waals surface area contributed by atoms with Gasteiger partial charge in [-0.2, -0.15) is 0 Å². The molecular formula is C11H13FN2O3. The summed E-state index contributed by atoms with van der Waals surface area (Å²) in [4.78, 5) is 22.4. The van der Waals surface area contributed by atoms with Gasteiger partial charge in [-0.3, -0.25) is 4.79 Å². The number of hydrogen-bond donors (Lipinski definition) is 3. The molecular weight excluding hydrogens is 227 g/mol. The molecule has 0 fully saturated rings. The third-order valence-corrected chi connectivity index (χ3v) is 2.05. The highest BCUT2D eigenvalue weighted by Gasteiger charge is 2.23. The average molecular weight is 240 g/mol. The number of amides is 1. The molecule has 6 heteroatoms. The second-order valence-electron chi connectivity index (χ2n) is 4.17. The van der Waals surface area contributed by atoms with E-state index in [1.165, 1.54) is 13.8 Å². The van der Waals surface area contributed by atoms with Gasteiger partial charge >= 0.3 is 5.97 Å². The maximum absolute atomic E-state index is 13.0. The topological polar surface area (TPSA) is 92.4 Å². The monoisotopic (exact) mass is 240 g/mol. The first-order valence-corrected chi connectivity index (χ1v) is 4.85. The molecule has 0 aliphatic heterocycles. The Kier molecular flexibility index (Phi) is 3.47. The zero-order valence-corrected chi connectivity index (χ0v) is 9.45. The van der Waals surface area contributed by atoms with E-state index in [0.717, 1.165) is 18.2 Å². The predicted molar refractivity (Wildman–Crippen MR) is 60.3 cm³/mol. The minimum absolute atomic E-state index is 0.110. The molecule has 4 N–H and O–H groups in total. The first-order chi connectivity index (χ1) is 7.71. The maximum atomic E-state index is 13.0. The highest BCUT2D eigenvalue weighted by Crippen LogP contribution is 2.18. The molecule has 0 atom stereocenters. The van der Waals surface area contributed by atoms with Crippen molar-refractivity contribution in [1.82, 2.24) is 0 Å². The molecule has 1 aromatic carbocycles. The van der Waals surface area contributed by atoms with E-state index in [2.05, 4.69) is 5.32 Å². The molecule has 0 aliphatic rings. The van der Waals surface area contributed by atoms with Crippen molar-refractivity contribution in [2.24, 2.45) is 5.73 Å². The minimum atomic E-state index is -1.25. The zero-order chi connectivity index (χ0) is 13.2. The fraction of sp³-hybridized carbons (Fsp3) is 0.273. The standard InChI is InChI=1S/C11H13FN2O3/c1-11(2,13)10(17)14-8-5-6(12)3-4-7(8)9(15)16/h3-5H,13H2,1-2H3,(H,14,17)(H,15,16). The number of nitrogens with one attached hydrogen (secondary N) is 1. The van der Waals surface area contributed by atoms with Crippen LogP contribution in [0.5, 0.6) is 0 Å². The van der Waals surface area contributed by atoms with E-state index in [-0.39, 0.29) is 11.3 Å². The molecule has 0 saturated carbocycles. The summed E-state index contributed by atoms with van der Waals surface area (Å²) in [5, 5.41) is 11.2. The summed E-state index contributed by atoms with van der Waals surface area (Å²) in [7, 11) is 0. The van der Waals surface area contributed by atoms with Gasteiger partial charge in [-0.05, 0) is 32.0 Å². The van der Waals surface area contributed by atoms with Crippen LogP contribution in [-0.2, 0) is 4.79 Å². The van der Waals surface area contributed by atoms with Crippen LogP contribution in [0, 0.1) is 5.82 Å². The molecule has 1 amide bonds. The van der Waals surface area contributed by atoms with Gasteiger partial charge < -0.3 is 16.2 Å². The Balaban J connectivity index is 3.09. The number of benzene rings is 1. The Morgan fingerprint density at radius 3 is 2.47 bits per heavy atom. The van der Waals surface area contributed by atoms with Crippen LogP contribution in [-0.4, -0.2) is 22.5 Å². The summed E-state index contributed by atoms with van der Waals surface area (Å²) in [6.07, 6.45) is 0. The number of rotatable bonds is 3. The molecule has 92 valence electrons. The number of anilines is 1. The number of carbonyl (C=O) groups excluding carboxylic acids is 1. The Morgan fingerprint density at radius 1 is 1.41 bits per heavy atom. The number of nitrogens with two attached hydrogens (primary N) is 1. The van der Waals surface area contributed by atoms with Gasteiger partial charge in [-0.1, -0.05) is 0 Å². The Labute approximate surface area is 97.4 Å². The van der Waals surface area contributed by atoms with Crippen molar-refractivity contribution in [3.63, 3.8) is 0 Å². The van der Waals surface area contributed by atoms with Gasteiger partial charge in [-0.25, -0.2) is 9.18 Å². The van der Waals surface area contributed by atoms with Crippen LogP contribution in [0.15, 0.2) is 18.2 Å². The van der Waals surface area contributed by atoms with Crippen LogP contribution in [0.25, 0.3) is 0 Å². The molecule has 5 nitrogen and oxygen atoms in total. The molecule has 0 heterocycles. The molecule has 1 aromatic rings. The van der Waals surface area contributed by atoms with Crippen LogP contribution in [0.2, 0.25) is 0 Å².